The van der Waals surface area contributed by atoms with E-state index in [1.165, 1.54) is 6.07 Å². The molecule has 1 saturated heterocycles. The first-order valence-electron chi connectivity index (χ1n) is 7.64. The summed E-state index contributed by atoms with van der Waals surface area (Å²) in [5, 5.41) is 13.3. The van der Waals surface area contributed by atoms with Crippen LogP contribution >= 0.6 is 0 Å². The number of nitriles is 1. The lowest BCUT2D eigenvalue weighted by molar-refractivity contribution is 0.0268. The molecule has 0 amide bonds. The van der Waals surface area contributed by atoms with Crippen LogP contribution in [0.25, 0.3) is 0 Å². The molecule has 0 spiro atoms. The van der Waals surface area contributed by atoms with Crippen molar-refractivity contribution in [3.8, 4) is 6.07 Å². The first-order chi connectivity index (χ1) is 11.1. The standard InChI is InChI=1S/C17H19FN4O/c1-12-7-13(2)22(20-12)11-15-10-21(5-6-23-15)17-4-3-14(9-19)8-16(17)18/h3-4,7-8,15H,5-6,10-11H2,1-2H3. The molecule has 1 aliphatic heterocycles. The minimum absolute atomic E-state index is 0.0446. The molecule has 5 nitrogen and oxygen atoms in total. The Morgan fingerprint density at radius 1 is 1.39 bits per heavy atom. The Kier molecular flexibility index (Phi) is 4.30. The van der Waals surface area contributed by atoms with E-state index >= 15 is 0 Å². The summed E-state index contributed by atoms with van der Waals surface area (Å²) >= 11 is 0. The summed E-state index contributed by atoms with van der Waals surface area (Å²) in [5.74, 6) is -0.365. The van der Waals surface area contributed by atoms with E-state index in [0.717, 1.165) is 11.4 Å². The Hall–Kier alpha value is -2.39. The van der Waals surface area contributed by atoms with Crippen molar-refractivity contribution in [2.75, 3.05) is 24.6 Å². The Labute approximate surface area is 134 Å². The highest BCUT2D eigenvalue weighted by Gasteiger charge is 2.23. The summed E-state index contributed by atoms with van der Waals surface area (Å²) in [6.45, 7) is 6.40. The van der Waals surface area contributed by atoms with Crippen LogP contribution in [0.2, 0.25) is 0 Å². The van der Waals surface area contributed by atoms with Crippen molar-refractivity contribution in [3.05, 3.63) is 47.0 Å². The molecule has 0 N–H and O–H groups in total. The number of ether oxygens (including phenoxy) is 1. The maximum Gasteiger partial charge on any atom is 0.147 e. The maximum atomic E-state index is 14.2. The first kappa shape index (κ1) is 15.5. The molecule has 0 radical (unpaired) electrons. The van der Waals surface area contributed by atoms with Gasteiger partial charge in [0.2, 0.25) is 0 Å². The predicted octanol–water partition coefficient (Wildman–Crippen LogP) is 2.42. The molecule has 1 aromatic carbocycles. The van der Waals surface area contributed by atoms with Crippen molar-refractivity contribution in [2.24, 2.45) is 0 Å². The number of rotatable bonds is 3. The van der Waals surface area contributed by atoms with Gasteiger partial charge in [0.25, 0.3) is 0 Å². The Bertz CT molecular complexity index is 750. The number of aromatic nitrogens is 2. The fourth-order valence-electron chi connectivity index (χ4n) is 2.93. The van der Waals surface area contributed by atoms with Gasteiger partial charge in [-0.15, -0.1) is 0 Å². The van der Waals surface area contributed by atoms with Gasteiger partial charge >= 0.3 is 0 Å². The normalized spacial score (nSPS) is 18.0. The highest BCUT2D eigenvalue weighted by molar-refractivity contribution is 5.51. The Balaban J connectivity index is 1.73. The number of hydrogen-bond donors (Lipinski definition) is 0. The third kappa shape index (κ3) is 3.35. The van der Waals surface area contributed by atoms with E-state index in [2.05, 4.69) is 5.10 Å². The van der Waals surface area contributed by atoms with Crippen LogP contribution in [0.4, 0.5) is 10.1 Å². The van der Waals surface area contributed by atoms with Crippen molar-refractivity contribution in [1.82, 2.24) is 9.78 Å². The van der Waals surface area contributed by atoms with Gasteiger partial charge in [-0.05, 0) is 38.1 Å². The second kappa shape index (κ2) is 6.39. The molecule has 0 aliphatic carbocycles. The zero-order valence-corrected chi connectivity index (χ0v) is 13.3. The van der Waals surface area contributed by atoms with Gasteiger partial charge in [0, 0.05) is 18.8 Å². The molecule has 120 valence electrons. The van der Waals surface area contributed by atoms with E-state index in [0.29, 0.717) is 37.5 Å². The van der Waals surface area contributed by atoms with Crippen molar-refractivity contribution in [3.63, 3.8) is 0 Å². The number of halogens is 1. The molecule has 0 bridgehead atoms. The molecule has 0 saturated carbocycles. The van der Waals surface area contributed by atoms with E-state index in [4.69, 9.17) is 10.00 Å². The molecular weight excluding hydrogens is 295 g/mol. The van der Waals surface area contributed by atoms with Crippen molar-refractivity contribution >= 4 is 5.69 Å². The number of aryl methyl sites for hydroxylation is 2. The fraction of sp³-hybridized carbons (Fsp3) is 0.412. The molecule has 2 aromatic rings. The molecule has 3 rings (SSSR count). The van der Waals surface area contributed by atoms with Crippen LogP contribution < -0.4 is 4.90 Å². The molecule has 6 heteroatoms. The first-order valence-corrected chi connectivity index (χ1v) is 7.64. The Morgan fingerprint density at radius 2 is 2.22 bits per heavy atom. The van der Waals surface area contributed by atoms with Gasteiger partial charge in [0.15, 0.2) is 0 Å². The van der Waals surface area contributed by atoms with Gasteiger partial charge in [0.1, 0.15) is 5.82 Å². The summed E-state index contributed by atoms with van der Waals surface area (Å²) in [6.07, 6.45) is -0.0446. The van der Waals surface area contributed by atoms with E-state index < -0.39 is 0 Å². The van der Waals surface area contributed by atoms with Crippen LogP contribution in [0.1, 0.15) is 17.0 Å². The SMILES string of the molecule is Cc1cc(C)n(CC2CN(c3ccc(C#N)cc3F)CCO2)n1. The van der Waals surface area contributed by atoms with Crippen LogP contribution in [0, 0.1) is 31.0 Å². The van der Waals surface area contributed by atoms with Crippen molar-refractivity contribution in [1.29, 1.82) is 5.26 Å². The minimum atomic E-state index is -0.365. The Morgan fingerprint density at radius 3 is 2.87 bits per heavy atom. The van der Waals surface area contributed by atoms with Crippen LogP contribution in [0.15, 0.2) is 24.3 Å². The lowest BCUT2D eigenvalue weighted by Gasteiger charge is -2.34. The average molecular weight is 314 g/mol. The topological polar surface area (TPSA) is 54.1 Å². The summed E-state index contributed by atoms with van der Waals surface area (Å²) in [6, 6.07) is 8.57. The van der Waals surface area contributed by atoms with Crippen LogP contribution in [0.5, 0.6) is 0 Å². The highest BCUT2D eigenvalue weighted by atomic mass is 19.1. The molecular formula is C17H19FN4O. The number of anilines is 1. The lowest BCUT2D eigenvalue weighted by atomic mass is 10.1. The second-order valence-corrected chi connectivity index (χ2v) is 5.83. The zero-order valence-electron chi connectivity index (χ0n) is 13.3. The summed E-state index contributed by atoms with van der Waals surface area (Å²) < 4.78 is 21.9. The average Bonchev–Trinajstić information content (AvgIpc) is 2.85. The van der Waals surface area contributed by atoms with Gasteiger partial charge in [-0.3, -0.25) is 4.68 Å². The zero-order chi connectivity index (χ0) is 16.4. The predicted molar refractivity (Wildman–Crippen MR) is 84.8 cm³/mol. The quantitative estimate of drug-likeness (QED) is 0.873. The van der Waals surface area contributed by atoms with Crippen molar-refractivity contribution in [2.45, 2.75) is 26.5 Å². The van der Waals surface area contributed by atoms with Gasteiger partial charge in [-0.1, -0.05) is 0 Å². The smallest absolute Gasteiger partial charge is 0.147 e. The van der Waals surface area contributed by atoms with E-state index in [9.17, 15) is 4.39 Å². The third-order valence-corrected chi connectivity index (χ3v) is 4.04. The summed E-state index contributed by atoms with van der Waals surface area (Å²) in [5.41, 5.74) is 2.92. The van der Waals surface area contributed by atoms with Gasteiger partial charge < -0.3 is 9.64 Å². The minimum Gasteiger partial charge on any atom is -0.373 e. The number of benzene rings is 1. The number of nitrogens with zero attached hydrogens (tertiary/aromatic N) is 4. The molecule has 1 fully saturated rings. The highest BCUT2D eigenvalue weighted by Crippen LogP contribution is 2.23. The van der Waals surface area contributed by atoms with Crippen LogP contribution in [0.3, 0.4) is 0 Å². The molecule has 1 unspecified atom stereocenters. The molecule has 23 heavy (non-hydrogen) atoms. The van der Waals surface area contributed by atoms with Gasteiger partial charge in [0.05, 0.1) is 42.3 Å². The monoisotopic (exact) mass is 314 g/mol. The third-order valence-electron chi connectivity index (χ3n) is 4.04. The van der Waals surface area contributed by atoms with Crippen molar-refractivity contribution < 1.29 is 9.13 Å². The second-order valence-electron chi connectivity index (χ2n) is 5.83. The molecule has 1 atom stereocenters. The van der Waals surface area contributed by atoms with E-state index in [1.807, 2.05) is 35.6 Å². The molecule has 2 heterocycles. The maximum absolute atomic E-state index is 14.2. The summed E-state index contributed by atoms with van der Waals surface area (Å²) in [4.78, 5) is 1.97. The largest absolute Gasteiger partial charge is 0.373 e. The summed E-state index contributed by atoms with van der Waals surface area (Å²) in [7, 11) is 0. The van der Waals surface area contributed by atoms with E-state index in [-0.39, 0.29) is 11.9 Å². The lowest BCUT2D eigenvalue weighted by Crippen LogP contribution is -2.44. The van der Waals surface area contributed by atoms with Gasteiger partial charge in [-0.25, -0.2) is 4.39 Å². The molecule has 1 aliphatic rings. The van der Waals surface area contributed by atoms with Crippen LogP contribution in [-0.4, -0.2) is 35.6 Å². The number of morpholine rings is 1. The fourth-order valence-corrected chi connectivity index (χ4v) is 2.93. The van der Waals surface area contributed by atoms with Gasteiger partial charge in [-0.2, -0.15) is 10.4 Å². The molecule has 1 aromatic heterocycles. The number of hydrogen-bond acceptors (Lipinski definition) is 4. The van der Waals surface area contributed by atoms with Crippen LogP contribution in [-0.2, 0) is 11.3 Å². The van der Waals surface area contributed by atoms with E-state index in [1.54, 1.807) is 12.1 Å².